The summed E-state index contributed by atoms with van der Waals surface area (Å²) in [5, 5.41) is 0. The van der Waals surface area contributed by atoms with Gasteiger partial charge < -0.3 is 18.9 Å². The fraction of sp³-hybridized carbons (Fsp3) is 0.429. The monoisotopic (exact) mass is 279 g/mol. The molecule has 0 spiro atoms. The molecule has 2 aromatic heterocycles. The molecule has 0 aromatic carbocycles. The van der Waals surface area contributed by atoms with Gasteiger partial charge in [0.2, 0.25) is 6.29 Å². The number of H-pyrrole nitrogens is 1. The van der Waals surface area contributed by atoms with Gasteiger partial charge in [-0.3, -0.25) is 4.79 Å². The number of carbonyl (C=O) groups is 2. The lowest BCUT2D eigenvalue weighted by molar-refractivity contribution is -0.175. The average Bonchev–Trinajstić information content (AvgIpc) is 2.97. The lowest BCUT2D eigenvalue weighted by atomic mass is 10.2. The van der Waals surface area contributed by atoms with Crippen LogP contribution in [0.5, 0.6) is 0 Å². The molecule has 2 heterocycles. The number of esters is 2. The summed E-state index contributed by atoms with van der Waals surface area (Å²) in [6.45, 7) is 5.30. The van der Waals surface area contributed by atoms with E-state index < -0.39 is 18.2 Å². The molecule has 0 saturated carbocycles. The Balaban J connectivity index is 2.07. The van der Waals surface area contributed by atoms with Crippen LogP contribution in [0.1, 0.15) is 37.7 Å². The van der Waals surface area contributed by atoms with Crippen LogP contribution in [-0.2, 0) is 14.3 Å². The van der Waals surface area contributed by atoms with E-state index >= 15 is 0 Å². The summed E-state index contributed by atoms with van der Waals surface area (Å²) in [6, 6.07) is 3.26. The Labute approximate surface area is 116 Å². The van der Waals surface area contributed by atoms with Gasteiger partial charge in [-0.05, 0) is 0 Å². The minimum atomic E-state index is -0.899. The largest absolute Gasteiger partial charge is 0.463 e. The second-order valence-corrected chi connectivity index (χ2v) is 4.74. The van der Waals surface area contributed by atoms with Crippen LogP contribution in [0, 0.1) is 5.92 Å². The van der Waals surface area contributed by atoms with E-state index in [1.807, 2.05) is 0 Å². The summed E-state index contributed by atoms with van der Waals surface area (Å²) in [7, 11) is 0. The second-order valence-electron chi connectivity index (χ2n) is 4.74. The summed E-state index contributed by atoms with van der Waals surface area (Å²) >= 11 is 0. The van der Waals surface area contributed by atoms with E-state index in [4.69, 9.17) is 13.9 Å². The molecule has 20 heavy (non-hydrogen) atoms. The molecule has 108 valence electrons. The van der Waals surface area contributed by atoms with Crippen molar-refractivity contribution >= 4 is 23.0 Å². The van der Waals surface area contributed by atoms with Gasteiger partial charge in [0.15, 0.2) is 5.58 Å². The maximum atomic E-state index is 12.0. The fourth-order valence-corrected chi connectivity index (χ4v) is 1.64. The SMILES string of the molecule is CCC(=O)OC(OC(=O)c1cc2occc2[nH]1)C(C)C. The van der Waals surface area contributed by atoms with Gasteiger partial charge in [-0.1, -0.05) is 20.8 Å². The van der Waals surface area contributed by atoms with Crippen molar-refractivity contribution in [2.45, 2.75) is 33.5 Å². The highest BCUT2D eigenvalue weighted by Crippen LogP contribution is 2.18. The molecular formula is C14H17NO5. The zero-order chi connectivity index (χ0) is 14.7. The summed E-state index contributed by atoms with van der Waals surface area (Å²) in [5.74, 6) is -1.12. The molecule has 0 aliphatic heterocycles. The highest BCUT2D eigenvalue weighted by Gasteiger charge is 2.24. The number of hydrogen-bond acceptors (Lipinski definition) is 5. The Bertz CT molecular complexity index is 581. The van der Waals surface area contributed by atoms with Crippen LogP contribution < -0.4 is 0 Å². The summed E-state index contributed by atoms with van der Waals surface area (Å²) in [6.07, 6.45) is 0.858. The standard InChI is InChI=1S/C14H17NO5/c1-4-12(16)19-14(8(2)3)20-13(17)10-7-11-9(15-10)5-6-18-11/h5-8,14-15H,4H2,1-3H3. The van der Waals surface area contributed by atoms with E-state index in [0.717, 1.165) is 0 Å². The third kappa shape index (κ3) is 3.01. The number of furan rings is 1. The Hall–Kier alpha value is -2.24. The van der Waals surface area contributed by atoms with Crippen molar-refractivity contribution in [3.05, 3.63) is 24.1 Å². The summed E-state index contributed by atoms with van der Waals surface area (Å²) in [4.78, 5) is 26.2. The van der Waals surface area contributed by atoms with Gasteiger partial charge in [0.25, 0.3) is 0 Å². The zero-order valence-corrected chi connectivity index (χ0v) is 11.6. The number of rotatable bonds is 5. The first-order valence-electron chi connectivity index (χ1n) is 6.48. The van der Waals surface area contributed by atoms with Crippen LogP contribution in [0.3, 0.4) is 0 Å². The van der Waals surface area contributed by atoms with E-state index in [0.29, 0.717) is 11.1 Å². The minimum Gasteiger partial charge on any atom is -0.463 e. The first kappa shape index (κ1) is 14.2. The molecule has 0 bridgehead atoms. The van der Waals surface area contributed by atoms with E-state index in [1.54, 1.807) is 32.9 Å². The maximum Gasteiger partial charge on any atom is 0.357 e. The third-order valence-electron chi connectivity index (χ3n) is 2.76. The van der Waals surface area contributed by atoms with Crippen LogP contribution in [0.2, 0.25) is 0 Å². The van der Waals surface area contributed by atoms with Gasteiger partial charge in [0.1, 0.15) is 5.69 Å². The quantitative estimate of drug-likeness (QED) is 0.672. The number of aromatic nitrogens is 1. The van der Waals surface area contributed by atoms with Crippen molar-refractivity contribution in [3.8, 4) is 0 Å². The van der Waals surface area contributed by atoms with E-state index in [-0.39, 0.29) is 18.0 Å². The Morgan fingerprint density at radius 3 is 2.70 bits per heavy atom. The fourth-order valence-electron chi connectivity index (χ4n) is 1.64. The van der Waals surface area contributed by atoms with Crippen LogP contribution >= 0.6 is 0 Å². The van der Waals surface area contributed by atoms with E-state index in [2.05, 4.69) is 4.98 Å². The van der Waals surface area contributed by atoms with Crippen molar-refractivity contribution in [3.63, 3.8) is 0 Å². The molecule has 1 unspecified atom stereocenters. The van der Waals surface area contributed by atoms with Crippen molar-refractivity contribution in [2.24, 2.45) is 5.92 Å². The normalized spacial score (nSPS) is 12.6. The lowest BCUT2D eigenvalue weighted by Crippen LogP contribution is -2.29. The Morgan fingerprint density at radius 2 is 2.10 bits per heavy atom. The molecule has 0 radical (unpaired) electrons. The molecule has 0 amide bonds. The maximum absolute atomic E-state index is 12.0. The Morgan fingerprint density at radius 1 is 1.35 bits per heavy atom. The predicted octanol–water partition coefficient (Wildman–Crippen LogP) is 2.85. The van der Waals surface area contributed by atoms with Gasteiger partial charge in [-0.15, -0.1) is 0 Å². The molecule has 1 N–H and O–H groups in total. The second kappa shape index (κ2) is 5.81. The van der Waals surface area contributed by atoms with Crippen molar-refractivity contribution < 1.29 is 23.5 Å². The molecule has 0 fully saturated rings. The topological polar surface area (TPSA) is 81.5 Å². The summed E-state index contributed by atoms with van der Waals surface area (Å²) in [5.41, 5.74) is 1.55. The number of aromatic amines is 1. The molecule has 2 rings (SSSR count). The molecule has 0 aliphatic carbocycles. The molecular weight excluding hydrogens is 262 g/mol. The molecule has 2 aromatic rings. The zero-order valence-electron chi connectivity index (χ0n) is 11.6. The van der Waals surface area contributed by atoms with Crippen LogP contribution in [0.4, 0.5) is 0 Å². The average molecular weight is 279 g/mol. The smallest absolute Gasteiger partial charge is 0.357 e. The molecule has 0 saturated heterocycles. The third-order valence-corrected chi connectivity index (χ3v) is 2.76. The van der Waals surface area contributed by atoms with Crippen molar-refractivity contribution in [1.29, 1.82) is 0 Å². The van der Waals surface area contributed by atoms with Gasteiger partial charge in [-0.2, -0.15) is 0 Å². The van der Waals surface area contributed by atoms with Gasteiger partial charge in [0.05, 0.1) is 11.8 Å². The molecule has 0 aliphatic rings. The minimum absolute atomic E-state index is 0.132. The molecule has 6 heteroatoms. The highest BCUT2D eigenvalue weighted by atomic mass is 16.7. The van der Waals surface area contributed by atoms with Crippen molar-refractivity contribution in [1.82, 2.24) is 4.98 Å². The molecule has 6 nitrogen and oxygen atoms in total. The van der Waals surface area contributed by atoms with Crippen molar-refractivity contribution in [2.75, 3.05) is 0 Å². The predicted molar refractivity (Wildman–Crippen MR) is 71.0 cm³/mol. The summed E-state index contributed by atoms with van der Waals surface area (Å²) < 4.78 is 15.5. The van der Waals surface area contributed by atoms with Gasteiger partial charge in [0, 0.05) is 24.5 Å². The number of nitrogens with one attached hydrogen (secondary N) is 1. The van der Waals surface area contributed by atoms with Gasteiger partial charge in [-0.25, -0.2) is 4.79 Å². The highest BCUT2D eigenvalue weighted by molar-refractivity contribution is 5.93. The number of carbonyl (C=O) groups excluding carboxylic acids is 2. The molecule has 1 atom stereocenters. The van der Waals surface area contributed by atoms with Crippen LogP contribution in [0.15, 0.2) is 22.8 Å². The Kier molecular flexibility index (Phi) is 4.12. The number of hydrogen-bond donors (Lipinski definition) is 1. The van der Waals surface area contributed by atoms with E-state index in [1.165, 1.54) is 6.26 Å². The van der Waals surface area contributed by atoms with Crippen LogP contribution in [0.25, 0.3) is 11.1 Å². The first-order chi connectivity index (χ1) is 9.51. The van der Waals surface area contributed by atoms with Gasteiger partial charge >= 0.3 is 11.9 Å². The number of fused-ring (bicyclic) bond motifs is 1. The number of ether oxygens (including phenoxy) is 2. The van der Waals surface area contributed by atoms with E-state index in [9.17, 15) is 9.59 Å². The lowest BCUT2D eigenvalue weighted by Gasteiger charge is -2.20. The van der Waals surface area contributed by atoms with Crippen LogP contribution in [-0.4, -0.2) is 23.2 Å². The first-order valence-corrected chi connectivity index (χ1v) is 6.48.